The van der Waals surface area contributed by atoms with Crippen molar-refractivity contribution >= 4 is 34.2 Å². The van der Waals surface area contributed by atoms with Gasteiger partial charge in [-0.2, -0.15) is 0 Å². The number of likely N-dealkylation sites (tertiary alicyclic amines) is 1. The second kappa shape index (κ2) is 7.28. The summed E-state index contributed by atoms with van der Waals surface area (Å²) < 4.78 is 0. The highest BCUT2D eigenvalue weighted by Gasteiger charge is 2.38. The van der Waals surface area contributed by atoms with Gasteiger partial charge in [0, 0.05) is 22.1 Å². The summed E-state index contributed by atoms with van der Waals surface area (Å²) in [6.07, 6.45) is 3.07. The zero-order valence-corrected chi connectivity index (χ0v) is 17.0. The number of hydrogen-bond donors (Lipinski definition) is 0. The lowest BCUT2D eigenvalue weighted by atomic mass is 9.98. The third-order valence-electron chi connectivity index (χ3n) is 5.62. The fraction of sp³-hybridized carbons (Fsp3) is 0.455. The number of nitrogens with zero attached hydrogens (tertiary/aromatic N) is 2. The maximum atomic E-state index is 12.8. The molecular weight excluding hydrogens is 356 g/mol. The van der Waals surface area contributed by atoms with Crippen molar-refractivity contribution in [2.75, 3.05) is 13.1 Å². The highest BCUT2D eigenvalue weighted by Crippen LogP contribution is 2.39. The van der Waals surface area contributed by atoms with Gasteiger partial charge in [0.1, 0.15) is 5.54 Å². The molecule has 2 aliphatic rings. The summed E-state index contributed by atoms with van der Waals surface area (Å²) in [5.41, 5.74) is 1.35. The predicted octanol–water partition coefficient (Wildman–Crippen LogP) is 4.85. The van der Waals surface area contributed by atoms with Crippen LogP contribution in [0.2, 0.25) is 0 Å². The van der Waals surface area contributed by atoms with Crippen LogP contribution in [0.25, 0.3) is 10.8 Å². The van der Waals surface area contributed by atoms with Crippen molar-refractivity contribution in [2.45, 2.75) is 55.7 Å². The average Bonchev–Trinajstić information content (AvgIpc) is 3.21. The Morgan fingerprint density at radius 1 is 1.19 bits per heavy atom. The largest absolute Gasteiger partial charge is 0.354 e. The Balaban J connectivity index is 1.66. The van der Waals surface area contributed by atoms with Gasteiger partial charge < -0.3 is 4.84 Å². The number of carbonyl (C=O) groups excluding carboxylic acids is 1. The van der Waals surface area contributed by atoms with Gasteiger partial charge in [-0.3, -0.25) is 4.90 Å². The zero-order valence-electron chi connectivity index (χ0n) is 16.2. The van der Waals surface area contributed by atoms with Gasteiger partial charge in [0.15, 0.2) is 0 Å². The number of rotatable bonds is 3. The lowest BCUT2D eigenvalue weighted by Crippen LogP contribution is -2.49. The molecule has 1 unspecified atom stereocenters. The molecular formula is C22H26N2O2S. The van der Waals surface area contributed by atoms with E-state index in [1.54, 1.807) is 0 Å². The number of hydrogen-bond acceptors (Lipinski definition) is 5. The van der Waals surface area contributed by atoms with Crippen LogP contribution in [0.1, 0.15) is 45.6 Å². The average molecular weight is 383 g/mol. The fourth-order valence-electron chi connectivity index (χ4n) is 3.98. The number of fused-ring (bicyclic) bond motifs is 3. The maximum absolute atomic E-state index is 12.8. The highest BCUT2D eigenvalue weighted by molar-refractivity contribution is 8.00. The first-order valence-electron chi connectivity index (χ1n) is 9.69. The van der Waals surface area contributed by atoms with Crippen molar-refractivity contribution in [2.24, 2.45) is 5.16 Å². The molecule has 0 aliphatic carbocycles. The van der Waals surface area contributed by atoms with Crippen LogP contribution in [0.3, 0.4) is 0 Å². The van der Waals surface area contributed by atoms with Crippen LogP contribution in [0, 0.1) is 0 Å². The molecule has 5 heteroatoms. The molecule has 0 aromatic heterocycles. The van der Waals surface area contributed by atoms with Crippen LogP contribution < -0.4 is 0 Å². The van der Waals surface area contributed by atoms with E-state index in [0.29, 0.717) is 5.25 Å². The molecule has 2 aliphatic heterocycles. The first-order chi connectivity index (χ1) is 13.0. The van der Waals surface area contributed by atoms with Crippen LogP contribution in [0.15, 0.2) is 46.4 Å². The van der Waals surface area contributed by atoms with E-state index in [-0.39, 0.29) is 5.97 Å². The summed E-state index contributed by atoms with van der Waals surface area (Å²) in [4.78, 5) is 21.7. The van der Waals surface area contributed by atoms with Crippen molar-refractivity contribution < 1.29 is 9.63 Å². The minimum absolute atomic E-state index is 0.274. The van der Waals surface area contributed by atoms with Crippen LogP contribution in [-0.4, -0.2) is 40.5 Å². The molecule has 1 atom stereocenters. The van der Waals surface area contributed by atoms with Gasteiger partial charge in [0.05, 0.1) is 5.71 Å². The zero-order chi connectivity index (χ0) is 19.0. The van der Waals surface area contributed by atoms with Crippen LogP contribution >= 0.6 is 11.8 Å². The number of carbonyl (C=O) groups is 1. The molecule has 1 fully saturated rings. The Hall–Kier alpha value is -1.85. The van der Waals surface area contributed by atoms with Gasteiger partial charge >= 0.3 is 5.97 Å². The molecule has 2 aromatic rings. The summed E-state index contributed by atoms with van der Waals surface area (Å²) in [7, 11) is 0. The molecule has 27 heavy (non-hydrogen) atoms. The molecule has 0 bridgehead atoms. The topological polar surface area (TPSA) is 41.9 Å². The summed E-state index contributed by atoms with van der Waals surface area (Å²) in [6.45, 7) is 7.95. The Morgan fingerprint density at radius 3 is 2.70 bits per heavy atom. The van der Waals surface area contributed by atoms with Crippen molar-refractivity contribution in [1.82, 2.24) is 4.90 Å². The van der Waals surface area contributed by atoms with Gasteiger partial charge in [-0.25, -0.2) is 4.79 Å². The molecule has 0 N–H and O–H groups in total. The smallest absolute Gasteiger partial charge is 0.316 e. The molecule has 4 nitrogen and oxygen atoms in total. The van der Waals surface area contributed by atoms with Gasteiger partial charge in [0.25, 0.3) is 0 Å². The third-order valence-corrected chi connectivity index (χ3v) is 6.79. The van der Waals surface area contributed by atoms with Crippen LogP contribution in [0.4, 0.5) is 0 Å². The van der Waals surface area contributed by atoms with Crippen LogP contribution in [-0.2, 0) is 9.63 Å². The molecule has 0 amide bonds. The summed E-state index contributed by atoms with van der Waals surface area (Å²) >= 11 is 1.86. The van der Waals surface area contributed by atoms with Crippen molar-refractivity contribution in [3.8, 4) is 0 Å². The Bertz CT molecular complexity index is 900. The summed E-state index contributed by atoms with van der Waals surface area (Å²) in [6, 6.07) is 12.6. The molecule has 0 spiro atoms. The summed E-state index contributed by atoms with van der Waals surface area (Å²) in [5.74, 6) is -0.274. The summed E-state index contributed by atoms with van der Waals surface area (Å²) in [5, 5.41) is 7.15. The second-order valence-corrected chi connectivity index (χ2v) is 9.44. The van der Waals surface area contributed by atoms with Gasteiger partial charge in [0.2, 0.25) is 0 Å². The Kier molecular flexibility index (Phi) is 4.99. The molecule has 0 radical (unpaired) electrons. The normalized spacial score (nSPS) is 22.2. The molecule has 1 saturated heterocycles. The Morgan fingerprint density at radius 2 is 1.93 bits per heavy atom. The molecule has 4 rings (SSSR count). The van der Waals surface area contributed by atoms with E-state index in [9.17, 15) is 4.79 Å². The second-order valence-electron chi connectivity index (χ2n) is 7.96. The fourth-order valence-corrected chi connectivity index (χ4v) is 5.14. The van der Waals surface area contributed by atoms with Gasteiger partial charge in [-0.05, 0) is 56.6 Å². The van der Waals surface area contributed by atoms with Crippen LogP contribution in [0.5, 0.6) is 0 Å². The SMILES string of the molecule is CC1C/C(=N\OC(=O)C(C)(C)N2CCCC2)c2c(ccc3ccccc23)S1. The lowest BCUT2D eigenvalue weighted by molar-refractivity contribution is -0.155. The van der Waals surface area contributed by atoms with Gasteiger partial charge in [-0.15, -0.1) is 11.8 Å². The predicted molar refractivity (Wildman–Crippen MR) is 111 cm³/mol. The monoisotopic (exact) mass is 382 g/mol. The molecule has 142 valence electrons. The highest BCUT2D eigenvalue weighted by atomic mass is 32.2. The number of benzene rings is 2. The van der Waals surface area contributed by atoms with E-state index in [0.717, 1.165) is 43.6 Å². The minimum Gasteiger partial charge on any atom is -0.316 e. The van der Waals surface area contributed by atoms with E-state index in [4.69, 9.17) is 4.84 Å². The molecule has 0 saturated carbocycles. The minimum atomic E-state index is -0.642. The first kappa shape index (κ1) is 18.5. The number of thioether (sulfide) groups is 1. The number of oxime groups is 1. The van der Waals surface area contributed by atoms with E-state index >= 15 is 0 Å². The quantitative estimate of drug-likeness (QED) is 0.562. The van der Waals surface area contributed by atoms with E-state index in [1.165, 1.54) is 15.7 Å². The first-order valence-corrected chi connectivity index (χ1v) is 10.6. The standard InChI is InChI=1S/C22H26N2O2S/c1-15-14-18(23-26-21(25)22(2,3)24-12-6-7-13-24)20-17-9-5-4-8-16(17)10-11-19(20)27-15/h4-5,8-11,15H,6-7,12-14H2,1-3H3/b23-18+. The van der Waals surface area contributed by atoms with Crippen molar-refractivity contribution in [1.29, 1.82) is 0 Å². The van der Waals surface area contributed by atoms with E-state index in [2.05, 4.69) is 41.2 Å². The van der Waals surface area contributed by atoms with E-state index < -0.39 is 5.54 Å². The third kappa shape index (κ3) is 3.50. The maximum Gasteiger partial charge on any atom is 0.354 e. The van der Waals surface area contributed by atoms with Gasteiger partial charge in [-0.1, -0.05) is 42.4 Å². The van der Waals surface area contributed by atoms with Crippen molar-refractivity contribution in [3.05, 3.63) is 42.0 Å². The van der Waals surface area contributed by atoms with Crippen molar-refractivity contribution in [3.63, 3.8) is 0 Å². The molecule has 2 aromatic carbocycles. The van der Waals surface area contributed by atoms with E-state index in [1.807, 2.05) is 37.7 Å². The lowest BCUT2D eigenvalue weighted by Gasteiger charge is -2.31. The molecule has 2 heterocycles. The Labute approximate surface area is 164 Å².